The fourth-order valence-electron chi connectivity index (χ4n) is 9.21. The lowest BCUT2D eigenvalue weighted by Crippen LogP contribution is -2.62. The van der Waals surface area contributed by atoms with Gasteiger partial charge < -0.3 is 28.8 Å². The van der Waals surface area contributed by atoms with Crippen LogP contribution in [0.5, 0.6) is 11.6 Å². The molecule has 286 valence electrons. The van der Waals surface area contributed by atoms with Crippen molar-refractivity contribution in [3.8, 4) is 34.4 Å². The number of ether oxygens (including phenoxy) is 3. The summed E-state index contributed by atoms with van der Waals surface area (Å²) in [5.74, 6) is 2.53. The highest BCUT2D eigenvalue weighted by Crippen LogP contribution is 2.46. The summed E-state index contributed by atoms with van der Waals surface area (Å²) in [4.78, 5) is 29.6. The van der Waals surface area contributed by atoms with Crippen molar-refractivity contribution in [1.82, 2.24) is 19.9 Å². The number of benzene rings is 2. The zero-order valence-electron chi connectivity index (χ0n) is 31.7. The number of piperazine rings is 1. The highest BCUT2D eigenvalue weighted by atomic mass is 32.2. The molecule has 2 aromatic carbocycles. The summed E-state index contributed by atoms with van der Waals surface area (Å²) < 4.78 is 64.0. The van der Waals surface area contributed by atoms with Gasteiger partial charge in [-0.15, -0.1) is 5.54 Å². The van der Waals surface area contributed by atoms with Gasteiger partial charge in [0, 0.05) is 35.8 Å². The Hall–Kier alpha value is -4.23. The van der Waals surface area contributed by atoms with Crippen LogP contribution in [0.3, 0.4) is 0 Å². The zero-order chi connectivity index (χ0) is 38.8. The normalized spacial score (nSPS) is 19.9. The third-order valence-electron chi connectivity index (χ3n) is 11.6. The van der Waals surface area contributed by atoms with E-state index >= 15 is 8.78 Å². The molecule has 0 saturated carbocycles. The van der Waals surface area contributed by atoms with Crippen LogP contribution >= 0.6 is 0 Å². The van der Waals surface area contributed by atoms with Gasteiger partial charge in [0.25, 0.3) is 0 Å². The second-order valence-electron chi connectivity index (χ2n) is 15.3. The minimum absolute atomic E-state index is 0.0308. The maximum Gasteiger partial charge on any atom is 0.407 e. The molecule has 0 spiro atoms. The Morgan fingerprint density at radius 2 is 1.80 bits per heavy atom. The fraction of sp³-hybridized carbons (Fsp3) is 0.487. The van der Waals surface area contributed by atoms with Crippen molar-refractivity contribution in [2.24, 2.45) is 0 Å². The molecule has 2 bridgehead atoms. The number of methoxy groups -OCH3 is 1. The van der Waals surface area contributed by atoms with Crippen LogP contribution in [0.4, 0.5) is 19.4 Å². The topological polar surface area (TPSA) is 133 Å². The van der Waals surface area contributed by atoms with Gasteiger partial charge in [-0.3, -0.25) is 4.90 Å². The Morgan fingerprint density at radius 3 is 2.44 bits per heavy atom. The van der Waals surface area contributed by atoms with Crippen LogP contribution < -0.4 is 14.4 Å². The maximum absolute atomic E-state index is 17.4. The van der Waals surface area contributed by atoms with Crippen molar-refractivity contribution in [2.75, 3.05) is 38.2 Å². The Balaban J connectivity index is 1.51. The predicted octanol–water partition coefficient (Wildman–Crippen LogP) is 7.50. The molecule has 11 nitrogen and oxygen atoms in total. The number of pyridine rings is 1. The number of nitrogens with zero attached hydrogens (tertiary/aromatic N) is 5. The van der Waals surface area contributed by atoms with Gasteiger partial charge in [0.15, 0.2) is 18.4 Å². The first-order chi connectivity index (χ1) is 25.7. The molecule has 3 aliphatic heterocycles. The number of rotatable bonds is 8. The minimum atomic E-state index is -2.33. The maximum atomic E-state index is 17.4. The Labute approximate surface area is 317 Å². The Morgan fingerprint density at radius 1 is 1.07 bits per heavy atom. The molecule has 2 aromatic heterocycles. The lowest BCUT2D eigenvalue weighted by molar-refractivity contribution is 0.0512. The summed E-state index contributed by atoms with van der Waals surface area (Å²) in [6.07, 6.45) is 1.69. The number of hydrogen-bond donors (Lipinski definition) is 1. The van der Waals surface area contributed by atoms with Gasteiger partial charge in [-0.25, -0.2) is 18.6 Å². The summed E-state index contributed by atoms with van der Waals surface area (Å²) in [5.41, 5.74) is 4.45. The van der Waals surface area contributed by atoms with E-state index in [1.54, 1.807) is 18.2 Å². The van der Waals surface area contributed by atoms with E-state index < -0.39 is 49.1 Å². The van der Waals surface area contributed by atoms with E-state index in [4.69, 9.17) is 19.2 Å². The zero-order valence-corrected chi connectivity index (χ0v) is 33.5. The number of carbonyl (C=O) groups is 1. The number of anilines is 1. The SMILES string of the molecule is COCOc1cc(-c2nc3c4c(nc([S+](C)[O-])nc4c2F)N2CC4CCC(C2CO3)N4C(=O)O)c2c(C#C[Si](C(C)C)(C(C)C)C(C)C)c(F)ccc2c1. The van der Waals surface area contributed by atoms with Crippen molar-refractivity contribution < 1.29 is 37.4 Å². The Bertz CT molecular complexity index is 2190. The van der Waals surface area contributed by atoms with Gasteiger partial charge in [-0.1, -0.05) is 53.5 Å². The molecular formula is C39H45F2N5O6SSi. The second kappa shape index (κ2) is 14.4. The fourth-order valence-corrected chi connectivity index (χ4v) is 14.8. The molecule has 0 radical (unpaired) electrons. The lowest BCUT2D eigenvalue weighted by atomic mass is 9.95. The van der Waals surface area contributed by atoms with Crippen LogP contribution in [0, 0.1) is 23.1 Å². The van der Waals surface area contributed by atoms with Gasteiger partial charge in [0.1, 0.15) is 49.1 Å². The first-order valence-corrected chi connectivity index (χ1v) is 22.0. The highest BCUT2D eigenvalue weighted by molar-refractivity contribution is 7.90. The number of hydrogen-bond acceptors (Lipinski definition) is 9. The molecule has 3 aliphatic rings. The van der Waals surface area contributed by atoms with Crippen molar-refractivity contribution in [3.63, 3.8) is 0 Å². The monoisotopic (exact) mass is 777 g/mol. The average molecular weight is 778 g/mol. The van der Waals surface area contributed by atoms with E-state index in [0.717, 1.165) is 0 Å². The largest absolute Gasteiger partial charge is 0.609 e. The standard InChI is InChI=1S/C39H45F2N5O6SSi/c1-20(2)54(21(3)4,22(5)6)14-13-26-28(40)11-9-23-15-25(52-19-50-7)16-27(31(23)26)34-33(41)35-32-36(44-38(43-35)53(8)49)45-17-24-10-12-29(46(24)39(47)48)30(45)18-51-37(32)42-34/h9,11,15-16,20-22,24,29-30H,10,12,17-19H2,1-8H3,(H,47,48). The molecule has 2 fully saturated rings. The average Bonchev–Trinajstić information content (AvgIpc) is 3.36. The molecule has 0 aliphatic carbocycles. The number of amides is 1. The van der Waals surface area contributed by atoms with Gasteiger partial charge in [0.05, 0.1) is 23.7 Å². The van der Waals surface area contributed by atoms with E-state index in [9.17, 15) is 14.5 Å². The van der Waals surface area contributed by atoms with Crippen molar-refractivity contribution in [2.45, 2.75) is 94.3 Å². The number of carboxylic acid groups (broad SMARTS) is 1. The minimum Gasteiger partial charge on any atom is -0.609 e. The quantitative estimate of drug-likeness (QED) is 0.0631. The first-order valence-electron chi connectivity index (χ1n) is 18.3. The summed E-state index contributed by atoms with van der Waals surface area (Å²) in [7, 11) is -0.849. The van der Waals surface area contributed by atoms with Crippen LogP contribution in [0.25, 0.3) is 32.9 Å². The molecule has 1 N–H and O–H groups in total. The molecule has 4 unspecified atom stereocenters. The predicted molar refractivity (Wildman–Crippen MR) is 206 cm³/mol. The summed E-state index contributed by atoms with van der Waals surface area (Å²) in [6, 6.07) is 5.09. The lowest BCUT2D eigenvalue weighted by Gasteiger charge is -2.45. The van der Waals surface area contributed by atoms with Crippen LogP contribution in [0.2, 0.25) is 16.6 Å². The third-order valence-corrected chi connectivity index (χ3v) is 18.5. The summed E-state index contributed by atoms with van der Waals surface area (Å²) in [6.45, 7) is 13.3. The van der Waals surface area contributed by atoms with E-state index in [2.05, 4.69) is 63.0 Å². The molecule has 1 amide bonds. The molecule has 15 heteroatoms. The third kappa shape index (κ3) is 6.11. The number of halogens is 2. The summed E-state index contributed by atoms with van der Waals surface area (Å²) in [5, 5.41) is 11.1. The molecule has 2 saturated heterocycles. The molecular weight excluding hydrogens is 733 g/mol. The van der Waals surface area contributed by atoms with Crippen LogP contribution in [-0.4, -0.2) is 95.1 Å². The van der Waals surface area contributed by atoms with Gasteiger partial charge in [-0.2, -0.15) is 9.97 Å². The van der Waals surface area contributed by atoms with Gasteiger partial charge in [-0.05, 0) is 53.1 Å². The first kappa shape index (κ1) is 38.1. The smallest absolute Gasteiger partial charge is 0.407 e. The van der Waals surface area contributed by atoms with E-state index in [1.807, 2.05) is 4.90 Å². The number of aromatic nitrogens is 3. The van der Waals surface area contributed by atoms with Crippen LogP contribution in [-0.2, 0) is 15.9 Å². The molecule has 5 heterocycles. The van der Waals surface area contributed by atoms with Crippen molar-refractivity contribution >= 4 is 52.8 Å². The van der Waals surface area contributed by atoms with Crippen molar-refractivity contribution in [1.29, 1.82) is 0 Å². The van der Waals surface area contributed by atoms with E-state index in [-0.39, 0.29) is 74.8 Å². The molecule has 4 atom stereocenters. The Kier molecular flexibility index (Phi) is 10.2. The highest BCUT2D eigenvalue weighted by Gasteiger charge is 2.51. The molecule has 4 aromatic rings. The van der Waals surface area contributed by atoms with E-state index in [0.29, 0.717) is 41.7 Å². The molecule has 54 heavy (non-hydrogen) atoms. The van der Waals surface area contributed by atoms with Gasteiger partial charge >= 0.3 is 11.2 Å². The molecule has 7 rings (SSSR count). The van der Waals surface area contributed by atoms with E-state index in [1.165, 1.54) is 24.3 Å². The van der Waals surface area contributed by atoms with Crippen LogP contribution in [0.1, 0.15) is 59.9 Å². The second-order valence-corrected chi connectivity index (χ2v) is 22.1. The summed E-state index contributed by atoms with van der Waals surface area (Å²) >= 11 is -1.71. The van der Waals surface area contributed by atoms with Gasteiger partial charge in [0.2, 0.25) is 5.88 Å². The van der Waals surface area contributed by atoms with Crippen molar-refractivity contribution in [3.05, 3.63) is 41.5 Å². The number of fused-ring (bicyclic) bond motifs is 6. The van der Waals surface area contributed by atoms with Crippen LogP contribution in [0.15, 0.2) is 29.4 Å².